The van der Waals surface area contributed by atoms with E-state index in [0.717, 1.165) is 77.3 Å². The molecule has 2 aromatic rings. The van der Waals surface area contributed by atoms with Crippen LogP contribution in [0.2, 0.25) is 0 Å². The number of ether oxygens (including phenoxy) is 1. The van der Waals surface area contributed by atoms with Crippen molar-refractivity contribution in [2.45, 2.75) is 89.0 Å². The molecule has 39 heavy (non-hydrogen) atoms. The summed E-state index contributed by atoms with van der Waals surface area (Å²) >= 11 is 0. The highest BCUT2D eigenvalue weighted by Crippen LogP contribution is 2.52. The first kappa shape index (κ1) is 27.5. The van der Waals surface area contributed by atoms with Crippen LogP contribution in [0.1, 0.15) is 75.3 Å². The molecule has 0 aromatic carbocycles. The molecule has 4 fully saturated rings. The summed E-state index contributed by atoms with van der Waals surface area (Å²) in [7, 11) is 0. The lowest BCUT2D eigenvalue weighted by Crippen LogP contribution is -2.57. The van der Waals surface area contributed by atoms with Crippen molar-refractivity contribution in [3.8, 4) is 11.9 Å². The Morgan fingerprint density at radius 2 is 1.82 bits per heavy atom. The van der Waals surface area contributed by atoms with Crippen LogP contribution in [0.4, 0.5) is 20.5 Å². The summed E-state index contributed by atoms with van der Waals surface area (Å²) in [6, 6.07) is 5.44. The van der Waals surface area contributed by atoms with Gasteiger partial charge in [-0.15, -0.1) is 0 Å². The smallest absolute Gasteiger partial charge is 0.388 e. The molecule has 0 amide bonds. The lowest BCUT2D eigenvalue weighted by Gasteiger charge is -2.54. The van der Waals surface area contributed by atoms with Gasteiger partial charge in [0.2, 0.25) is 11.8 Å². The highest BCUT2D eigenvalue weighted by atomic mass is 19.3. The summed E-state index contributed by atoms with van der Waals surface area (Å²) in [5.41, 5.74) is 1.23. The van der Waals surface area contributed by atoms with Crippen molar-refractivity contribution in [2.75, 3.05) is 23.7 Å². The van der Waals surface area contributed by atoms with Gasteiger partial charge in [0.25, 0.3) is 0 Å². The second kappa shape index (κ2) is 12.0. The van der Waals surface area contributed by atoms with Crippen molar-refractivity contribution >= 4 is 11.8 Å². The van der Waals surface area contributed by atoms with Crippen LogP contribution in [0.15, 0.2) is 24.5 Å². The topological polar surface area (TPSA) is 128 Å². The van der Waals surface area contributed by atoms with Gasteiger partial charge in [0.15, 0.2) is 0 Å². The van der Waals surface area contributed by atoms with Crippen LogP contribution >= 0.6 is 0 Å². The van der Waals surface area contributed by atoms with E-state index >= 15 is 0 Å². The van der Waals surface area contributed by atoms with E-state index < -0.39 is 6.61 Å². The van der Waals surface area contributed by atoms with E-state index in [9.17, 15) is 19.1 Å². The lowest BCUT2D eigenvalue weighted by molar-refractivity contribution is -0.0534. The number of aliphatic hydroxyl groups excluding tert-OH is 1. The van der Waals surface area contributed by atoms with Crippen molar-refractivity contribution in [1.82, 2.24) is 20.3 Å². The molecule has 0 atom stereocenters. The molecule has 9 nitrogen and oxygen atoms in total. The minimum absolute atomic E-state index is 0.109. The number of alkyl halides is 2. The van der Waals surface area contributed by atoms with Gasteiger partial charge in [-0.25, -0.2) is 9.97 Å². The standard InChI is InChI=1S/C28H37F2N7O2/c29-25(30)39-24-20(2-1-13-32-24)16-33-26-34-17-21(14-31)23(37-26)35-18-27-7-10-28(11-8-27,12-9-27)36-15-19-3-5-22(38)6-4-19/h1-2,13,17,19,22,25,36,38H,3-12,15-16,18H2,(H2,33,34,35,37). The number of pyridine rings is 1. The van der Waals surface area contributed by atoms with Gasteiger partial charge in [-0.05, 0) is 88.2 Å². The van der Waals surface area contributed by atoms with Crippen molar-refractivity contribution < 1.29 is 18.6 Å². The number of nitriles is 1. The molecule has 2 heterocycles. The summed E-state index contributed by atoms with van der Waals surface area (Å²) in [6.07, 6.45) is 13.7. The van der Waals surface area contributed by atoms with Crippen LogP contribution in [-0.4, -0.2) is 51.4 Å². The lowest BCUT2D eigenvalue weighted by atomic mass is 9.57. The Labute approximate surface area is 227 Å². The average Bonchev–Trinajstić information content (AvgIpc) is 2.96. The molecular weight excluding hydrogens is 504 g/mol. The third-order valence-electron chi connectivity index (χ3n) is 9.01. The maximum atomic E-state index is 12.7. The molecule has 0 aliphatic heterocycles. The molecule has 2 bridgehead atoms. The molecule has 0 saturated heterocycles. The van der Waals surface area contributed by atoms with Crippen LogP contribution in [0.3, 0.4) is 0 Å². The Kier molecular flexibility index (Phi) is 8.43. The Morgan fingerprint density at radius 3 is 2.51 bits per heavy atom. The summed E-state index contributed by atoms with van der Waals surface area (Å²) < 4.78 is 29.9. The highest BCUT2D eigenvalue weighted by Gasteiger charge is 2.48. The summed E-state index contributed by atoms with van der Waals surface area (Å²) in [5, 5.41) is 29.8. The van der Waals surface area contributed by atoms with E-state index in [4.69, 9.17) is 0 Å². The number of rotatable bonds is 11. The molecule has 4 aliphatic carbocycles. The van der Waals surface area contributed by atoms with Gasteiger partial charge in [0.1, 0.15) is 17.5 Å². The number of fused-ring (bicyclic) bond motifs is 3. The Balaban J connectivity index is 1.15. The first-order valence-corrected chi connectivity index (χ1v) is 13.9. The molecule has 6 rings (SSSR count). The average molecular weight is 542 g/mol. The Morgan fingerprint density at radius 1 is 1.08 bits per heavy atom. The number of aliphatic hydroxyl groups is 1. The molecule has 0 radical (unpaired) electrons. The predicted molar refractivity (Wildman–Crippen MR) is 142 cm³/mol. The molecule has 4 N–H and O–H groups in total. The number of aromatic nitrogens is 3. The normalized spacial score (nSPS) is 28.2. The summed E-state index contributed by atoms with van der Waals surface area (Å²) in [6.45, 7) is -1.03. The maximum Gasteiger partial charge on any atom is 0.388 e. The predicted octanol–water partition coefficient (Wildman–Crippen LogP) is 4.60. The molecule has 210 valence electrons. The van der Waals surface area contributed by atoms with E-state index in [1.165, 1.54) is 12.4 Å². The molecule has 0 spiro atoms. The second-order valence-corrected chi connectivity index (χ2v) is 11.5. The summed E-state index contributed by atoms with van der Waals surface area (Å²) in [4.78, 5) is 12.6. The number of nitrogens with zero attached hydrogens (tertiary/aromatic N) is 4. The zero-order valence-corrected chi connectivity index (χ0v) is 22.1. The zero-order valence-electron chi connectivity index (χ0n) is 22.1. The van der Waals surface area contributed by atoms with Gasteiger partial charge < -0.3 is 25.8 Å². The molecule has 4 aliphatic rings. The van der Waals surface area contributed by atoms with Crippen LogP contribution in [0, 0.1) is 22.7 Å². The maximum absolute atomic E-state index is 12.7. The number of halogens is 2. The fraction of sp³-hybridized carbons (Fsp3) is 0.643. The van der Waals surface area contributed by atoms with Gasteiger partial charge in [0.05, 0.1) is 12.3 Å². The number of hydrogen-bond donors (Lipinski definition) is 4. The number of anilines is 2. The monoisotopic (exact) mass is 541 g/mol. The van der Waals surface area contributed by atoms with Gasteiger partial charge in [-0.3, -0.25) is 0 Å². The molecule has 0 unspecified atom stereocenters. The van der Waals surface area contributed by atoms with Gasteiger partial charge in [-0.2, -0.15) is 19.0 Å². The van der Waals surface area contributed by atoms with Crippen LogP contribution in [0.25, 0.3) is 0 Å². The van der Waals surface area contributed by atoms with E-state index in [-0.39, 0.29) is 35.4 Å². The third kappa shape index (κ3) is 6.73. The van der Waals surface area contributed by atoms with Crippen molar-refractivity contribution in [1.29, 1.82) is 5.26 Å². The van der Waals surface area contributed by atoms with Crippen LogP contribution in [0.5, 0.6) is 5.88 Å². The fourth-order valence-corrected chi connectivity index (χ4v) is 6.38. The highest BCUT2D eigenvalue weighted by molar-refractivity contribution is 5.53. The quantitative estimate of drug-likeness (QED) is 0.323. The Hall–Kier alpha value is -3.10. The number of nitrogens with one attached hydrogen (secondary N) is 3. The first-order valence-electron chi connectivity index (χ1n) is 13.9. The SMILES string of the molecule is N#Cc1cnc(NCc2cccnc2OC(F)F)nc1NCC12CCC(NCC3CCC(O)CC3)(CC1)CC2. The molecule has 2 aromatic heterocycles. The Bertz CT molecular complexity index is 1140. The van der Waals surface area contributed by atoms with E-state index in [1.54, 1.807) is 12.1 Å². The first-order chi connectivity index (χ1) is 18.9. The van der Waals surface area contributed by atoms with Gasteiger partial charge in [0, 0.05) is 30.4 Å². The second-order valence-electron chi connectivity index (χ2n) is 11.5. The van der Waals surface area contributed by atoms with E-state index in [2.05, 4.69) is 41.7 Å². The summed E-state index contributed by atoms with van der Waals surface area (Å²) in [5.74, 6) is 1.28. The molecular formula is C28H37F2N7O2. The van der Waals surface area contributed by atoms with Gasteiger partial charge >= 0.3 is 6.61 Å². The van der Waals surface area contributed by atoms with Crippen molar-refractivity contribution in [3.63, 3.8) is 0 Å². The van der Waals surface area contributed by atoms with Crippen molar-refractivity contribution in [2.24, 2.45) is 11.3 Å². The van der Waals surface area contributed by atoms with Crippen LogP contribution < -0.4 is 20.7 Å². The fourth-order valence-electron chi connectivity index (χ4n) is 6.38. The minimum atomic E-state index is -2.97. The largest absolute Gasteiger partial charge is 0.417 e. The van der Waals surface area contributed by atoms with Crippen LogP contribution in [-0.2, 0) is 6.54 Å². The minimum Gasteiger partial charge on any atom is -0.417 e. The zero-order chi connectivity index (χ0) is 27.3. The molecule has 11 heteroatoms. The van der Waals surface area contributed by atoms with Gasteiger partial charge in [-0.1, -0.05) is 6.07 Å². The third-order valence-corrected chi connectivity index (χ3v) is 9.01. The number of hydrogen-bond acceptors (Lipinski definition) is 9. The van der Waals surface area contributed by atoms with E-state index in [0.29, 0.717) is 22.9 Å². The molecule has 4 saturated carbocycles. The van der Waals surface area contributed by atoms with Crippen molar-refractivity contribution in [3.05, 3.63) is 35.7 Å². The van der Waals surface area contributed by atoms with E-state index in [1.807, 2.05) is 0 Å².